The molecule has 4 N–H and O–H groups in total. The lowest BCUT2D eigenvalue weighted by atomic mass is 10.0. The first-order valence-corrected chi connectivity index (χ1v) is 10.4. The number of carbonyl (C=O) groups is 5. The molecule has 0 bridgehead atoms. The van der Waals surface area contributed by atoms with E-state index in [0.717, 1.165) is 16.4 Å². The number of carboxylic acids is 2. The molecule has 1 saturated heterocycles. The summed E-state index contributed by atoms with van der Waals surface area (Å²) in [5.74, 6) is -4.27. The highest BCUT2D eigenvalue weighted by Gasteiger charge is 2.54. The Bertz CT molecular complexity index is 1070. The van der Waals surface area contributed by atoms with Gasteiger partial charge in [0.25, 0.3) is 11.8 Å². The number of hydrogen-bond acceptors (Lipinski definition) is 11. The Morgan fingerprint density at radius 1 is 1.38 bits per heavy atom. The molecule has 16 heteroatoms. The van der Waals surface area contributed by atoms with Crippen LogP contribution in [0.15, 0.2) is 29.1 Å². The standard InChI is InChI=1S/C16H14N6O8S2/c1-2-6-4-31-14-9(13(27)22(14)10(6)15(28)29)18-12(26)8(20-30-3-7(24)25)11-19-16(17-5-23)32-21-11/h2,5,9,14H,1,3-4H2,(H,18,26)(H,24,25)(H,28,29)(H,17,19,21,23)/t9?,14-/m0/s1. The van der Waals surface area contributed by atoms with Gasteiger partial charge in [0.1, 0.15) is 17.1 Å². The molecule has 1 unspecified atom stereocenters. The van der Waals surface area contributed by atoms with E-state index in [4.69, 9.17) is 5.11 Å². The quantitative estimate of drug-likeness (QED) is 0.136. The molecular formula is C16H14N6O8S2. The number of oxime groups is 1. The molecule has 0 aliphatic carbocycles. The van der Waals surface area contributed by atoms with Crippen LogP contribution in [0.2, 0.25) is 0 Å². The number of aromatic nitrogens is 2. The van der Waals surface area contributed by atoms with E-state index in [-0.39, 0.29) is 22.4 Å². The number of aliphatic carboxylic acids is 2. The number of β-lactam (4-membered cyclic amide) rings is 1. The van der Waals surface area contributed by atoms with Crippen LogP contribution in [0, 0.1) is 0 Å². The molecule has 0 spiro atoms. The first-order chi connectivity index (χ1) is 15.3. The lowest BCUT2D eigenvalue weighted by molar-refractivity contribution is -0.150. The minimum Gasteiger partial charge on any atom is -0.479 e. The number of thioether (sulfide) groups is 1. The van der Waals surface area contributed by atoms with Crippen molar-refractivity contribution < 1.29 is 39.0 Å². The second-order valence-corrected chi connectivity index (χ2v) is 7.89. The first kappa shape index (κ1) is 22.9. The molecule has 1 aromatic heterocycles. The highest BCUT2D eigenvalue weighted by molar-refractivity contribution is 8.00. The number of carboxylic acid groups (broad SMARTS) is 2. The minimum absolute atomic E-state index is 0.0376. The zero-order chi connectivity index (χ0) is 23.4. The van der Waals surface area contributed by atoms with Crippen molar-refractivity contribution in [2.75, 3.05) is 17.7 Å². The van der Waals surface area contributed by atoms with Crippen molar-refractivity contribution in [1.82, 2.24) is 19.6 Å². The largest absolute Gasteiger partial charge is 0.479 e. The fraction of sp³-hybridized carbons (Fsp3) is 0.250. The molecule has 3 rings (SSSR count). The maximum Gasteiger partial charge on any atom is 0.352 e. The summed E-state index contributed by atoms with van der Waals surface area (Å²) >= 11 is 1.96. The van der Waals surface area contributed by atoms with E-state index in [2.05, 4.69) is 36.6 Å². The fourth-order valence-corrected chi connectivity index (χ4v) is 4.64. The third-order valence-corrected chi connectivity index (χ3v) is 6.06. The molecule has 0 saturated carbocycles. The van der Waals surface area contributed by atoms with Gasteiger partial charge in [-0.3, -0.25) is 19.3 Å². The van der Waals surface area contributed by atoms with Crippen molar-refractivity contribution in [2.45, 2.75) is 11.4 Å². The minimum atomic E-state index is -1.35. The number of nitrogens with one attached hydrogen (secondary N) is 2. The Labute approximate surface area is 187 Å². The van der Waals surface area contributed by atoms with Gasteiger partial charge in [0.2, 0.25) is 29.7 Å². The van der Waals surface area contributed by atoms with Crippen LogP contribution in [0.5, 0.6) is 0 Å². The van der Waals surface area contributed by atoms with Crippen LogP contribution in [-0.4, -0.2) is 84.1 Å². The highest BCUT2D eigenvalue weighted by Crippen LogP contribution is 2.40. The van der Waals surface area contributed by atoms with Crippen molar-refractivity contribution in [3.63, 3.8) is 0 Å². The summed E-state index contributed by atoms with van der Waals surface area (Å²) < 4.78 is 3.86. The van der Waals surface area contributed by atoms with Crippen LogP contribution < -0.4 is 10.6 Å². The Hall–Kier alpha value is -3.79. The van der Waals surface area contributed by atoms with Crippen molar-refractivity contribution in [1.29, 1.82) is 0 Å². The summed E-state index contributed by atoms with van der Waals surface area (Å²) in [5, 5.41) is 25.6. The smallest absolute Gasteiger partial charge is 0.352 e. The molecule has 2 atom stereocenters. The van der Waals surface area contributed by atoms with Crippen molar-refractivity contribution in [3.05, 3.63) is 29.7 Å². The van der Waals surface area contributed by atoms with Crippen LogP contribution in [0.4, 0.5) is 5.13 Å². The third-order valence-electron chi connectivity index (χ3n) is 4.11. The van der Waals surface area contributed by atoms with Gasteiger partial charge in [-0.1, -0.05) is 17.8 Å². The summed E-state index contributed by atoms with van der Waals surface area (Å²) in [5.41, 5.74) is -0.360. The molecule has 0 radical (unpaired) electrons. The van der Waals surface area contributed by atoms with Gasteiger partial charge in [-0.15, -0.1) is 11.8 Å². The van der Waals surface area contributed by atoms with Gasteiger partial charge in [0.05, 0.1) is 0 Å². The maximum atomic E-state index is 12.8. The van der Waals surface area contributed by atoms with E-state index in [9.17, 15) is 29.1 Å². The average Bonchev–Trinajstić information content (AvgIpc) is 3.21. The normalized spacial score (nSPS) is 20.1. The van der Waals surface area contributed by atoms with Gasteiger partial charge in [-0.25, -0.2) is 9.59 Å². The average molecular weight is 482 g/mol. The molecule has 2 aliphatic rings. The molecule has 168 valence electrons. The van der Waals surface area contributed by atoms with E-state index in [1.165, 1.54) is 17.8 Å². The van der Waals surface area contributed by atoms with E-state index < -0.39 is 47.5 Å². The van der Waals surface area contributed by atoms with Crippen LogP contribution >= 0.6 is 23.3 Å². The van der Waals surface area contributed by atoms with E-state index in [0.29, 0.717) is 12.0 Å². The number of anilines is 1. The molecule has 2 aliphatic heterocycles. The van der Waals surface area contributed by atoms with Crippen molar-refractivity contribution >= 4 is 64.3 Å². The lowest BCUT2D eigenvalue weighted by Gasteiger charge is -2.49. The van der Waals surface area contributed by atoms with Crippen molar-refractivity contribution in [3.8, 4) is 0 Å². The van der Waals surface area contributed by atoms with Crippen LogP contribution in [0.3, 0.4) is 0 Å². The Morgan fingerprint density at radius 3 is 2.75 bits per heavy atom. The van der Waals surface area contributed by atoms with Gasteiger partial charge in [-0.05, 0) is 5.57 Å². The highest BCUT2D eigenvalue weighted by atomic mass is 32.2. The van der Waals surface area contributed by atoms with E-state index >= 15 is 0 Å². The number of hydrogen-bond donors (Lipinski definition) is 4. The van der Waals surface area contributed by atoms with Gasteiger partial charge in [-0.2, -0.15) is 9.36 Å². The van der Waals surface area contributed by atoms with Gasteiger partial charge >= 0.3 is 11.9 Å². The number of amides is 3. The third kappa shape index (κ3) is 4.45. The Morgan fingerprint density at radius 2 is 2.12 bits per heavy atom. The summed E-state index contributed by atoms with van der Waals surface area (Å²) in [6.07, 6.45) is 1.70. The predicted octanol–water partition coefficient (Wildman–Crippen LogP) is -1.16. The maximum absolute atomic E-state index is 12.8. The van der Waals surface area contributed by atoms with Gasteiger partial charge in [0, 0.05) is 17.3 Å². The summed E-state index contributed by atoms with van der Waals surface area (Å²) in [4.78, 5) is 67.7. The number of fused-ring (bicyclic) bond motifs is 1. The van der Waals surface area contributed by atoms with Gasteiger partial charge in [0.15, 0.2) is 0 Å². The SMILES string of the molecule is C=CC1=C(C(=O)O)N2C(=O)C(NC(=O)C(=NOCC(=O)O)c3nsc(NC=O)n3)[C@@H]2SC1. The Kier molecular flexibility index (Phi) is 6.84. The molecule has 3 amide bonds. The van der Waals surface area contributed by atoms with E-state index in [1.54, 1.807) is 0 Å². The van der Waals surface area contributed by atoms with Crippen LogP contribution in [0.1, 0.15) is 5.82 Å². The molecule has 1 aromatic rings. The second-order valence-electron chi connectivity index (χ2n) is 6.04. The Balaban J connectivity index is 1.81. The summed E-state index contributed by atoms with van der Waals surface area (Å²) in [6, 6.07) is -1.08. The van der Waals surface area contributed by atoms with Crippen LogP contribution in [-0.2, 0) is 28.8 Å². The fourth-order valence-electron chi connectivity index (χ4n) is 2.77. The van der Waals surface area contributed by atoms with Crippen LogP contribution in [0.25, 0.3) is 0 Å². The zero-order valence-corrected chi connectivity index (χ0v) is 17.5. The van der Waals surface area contributed by atoms with E-state index in [1.807, 2.05) is 0 Å². The molecule has 1 fully saturated rings. The molecule has 14 nitrogen and oxygen atoms in total. The molecule has 0 aromatic carbocycles. The zero-order valence-electron chi connectivity index (χ0n) is 15.9. The summed E-state index contributed by atoms with van der Waals surface area (Å²) in [7, 11) is 0. The molecule has 32 heavy (non-hydrogen) atoms. The van der Waals surface area contributed by atoms with Gasteiger partial charge < -0.3 is 25.7 Å². The number of nitrogens with zero attached hydrogens (tertiary/aromatic N) is 4. The monoisotopic (exact) mass is 482 g/mol. The molecular weight excluding hydrogens is 468 g/mol. The first-order valence-electron chi connectivity index (χ1n) is 8.58. The second kappa shape index (κ2) is 9.56. The van der Waals surface area contributed by atoms with Crippen molar-refractivity contribution in [2.24, 2.45) is 5.16 Å². The summed E-state index contributed by atoms with van der Waals surface area (Å²) in [6.45, 7) is 2.70. The number of allylic oxidation sites excluding steroid dienone is 1. The number of carbonyl (C=O) groups excluding carboxylic acids is 3. The lowest BCUT2D eigenvalue weighted by Crippen LogP contribution is -2.71. The molecule has 3 heterocycles. The predicted molar refractivity (Wildman–Crippen MR) is 110 cm³/mol. The topological polar surface area (TPSA) is 200 Å². The number of rotatable bonds is 10.